The smallest absolute Gasteiger partial charge is 0.255 e. The molecule has 16 heavy (non-hydrogen) atoms. The second-order valence-corrected chi connectivity index (χ2v) is 3.96. The first-order valence-electron chi connectivity index (χ1n) is 5.18. The first-order valence-corrected chi connectivity index (χ1v) is 5.55. The van der Waals surface area contributed by atoms with Gasteiger partial charge < -0.3 is 9.88 Å². The van der Waals surface area contributed by atoms with Crippen molar-refractivity contribution in [3.63, 3.8) is 0 Å². The van der Waals surface area contributed by atoms with E-state index in [2.05, 4.69) is 5.32 Å². The highest BCUT2D eigenvalue weighted by Gasteiger charge is 2.18. The number of benzene rings is 1. The third-order valence-corrected chi connectivity index (χ3v) is 3.04. The number of rotatable bonds is 2. The van der Waals surface area contributed by atoms with Crippen LogP contribution in [0.1, 0.15) is 17.3 Å². The summed E-state index contributed by atoms with van der Waals surface area (Å²) in [4.78, 5) is 11.9. The zero-order valence-corrected chi connectivity index (χ0v) is 10.0. The molecule has 2 rings (SSSR count). The van der Waals surface area contributed by atoms with Crippen LogP contribution >= 0.6 is 11.6 Å². The molecule has 0 unspecified atom stereocenters. The van der Waals surface area contributed by atoms with E-state index < -0.39 is 0 Å². The van der Waals surface area contributed by atoms with Crippen LogP contribution in [0.25, 0.3) is 10.9 Å². The Kier molecular flexibility index (Phi) is 2.88. The van der Waals surface area contributed by atoms with Crippen LogP contribution in [0.5, 0.6) is 0 Å². The van der Waals surface area contributed by atoms with E-state index in [-0.39, 0.29) is 5.91 Å². The molecule has 0 radical (unpaired) electrons. The van der Waals surface area contributed by atoms with Crippen molar-refractivity contribution < 1.29 is 4.79 Å². The van der Waals surface area contributed by atoms with Gasteiger partial charge in [0.15, 0.2) is 0 Å². The van der Waals surface area contributed by atoms with Gasteiger partial charge in [0.05, 0.1) is 5.56 Å². The molecule has 0 fully saturated rings. The van der Waals surface area contributed by atoms with Gasteiger partial charge in [-0.3, -0.25) is 4.79 Å². The number of amides is 1. The van der Waals surface area contributed by atoms with Gasteiger partial charge >= 0.3 is 0 Å². The van der Waals surface area contributed by atoms with Gasteiger partial charge in [0.1, 0.15) is 5.15 Å². The maximum absolute atomic E-state index is 11.9. The van der Waals surface area contributed by atoms with Crippen molar-refractivity contribution in [2.24, 2.45) is 7.05 Å². The van der Waals surface area contributed by atoms with Gasteiger partial charge in [-0.1, -0.05) is 29.8 Å². The first kappa shape index (κ1) is 11.0. The standard InChI is InChI=1S/C12H13ClN2O/c1-3-14-12(16)10-8-6-4-5-7-9(8)15(2)11(10)13/h4-7H,3H2,1-2H3,(H,14,16). The number of para-hydroxylation sites is 1. The van der Waals surface area contributed by atoms with Crippen molar-refractivity contribution in [3.8, 4) is 0 Å². The molecule has 1 N–H and O–H groups in total. The van der Waals surface area contributed by atoms with Crippen LogP contribution in [-0.2, 0) is 7.05 Å². The summed E-state index contributed by atoms with van der Waals surface area (Å²) in [6, 6.07) is 7.69. The molecule has 0 saturated carbocycles. The average molecular weight is 237 g/mol. The summed E-state index contributed by atoms with van der Waals surface area (Å²) >= 11 is 6.17. The molecule has 0 aliphatic carbocycles. The van der Waals surface area contributed by atoms with Gasteiger partial charge in [-0.2, -0.15) is 0 Å². The minimum absolute atomic E-state index is 0.121. The molecule has 2 aromatic rings. The Bertz CT molecular complexity index is 545. The van der Waals surface area contributed by atoms with Crippen molar-refractivity contribution in [1.82, 2.24) is 9.88 Å². The number of nitrogens with one attached hydrogen (secondary N) is 1. The predicted octanol–water partition coefficient (Wildman–Crippen LogP) is 2.58. The summed E-state index contributed by atoms with van der Waals surface area (Å²) in [5.74, 6) is -0.121. The van der Waals surface area contributed by atoms with Crippen LogP contribution in [0, 0.1) is 0 Å². The maximum atomic E-state index is 11.9. The lowest BCUT2D eigenvalue weighted by molar-refractivity contribution is 0.0957. The van der Waals surface area contributed by atoms with Gasteiger partial charge in [0.25, 0.3) is 5.91 Å². The van der Waals surface area contributed by atoms with Crippen LogP contribution in [0.2, 0.25) is 5.15 Å². The molecule has 0 spiro atoms. The van der Waals surface area contributed by atoms with E-state index in [4.69, 9.17) is 11.6 Å². The Hall–Kier alpha value is -1.48. The second kappa shape index (κ2) is 4.18. The zero-order chi connectivity index (χ0) is 11.7. The number of carbonyl (C=O) groups is 1. The number of aryl methyl sites for hydroxylation is 1. The highest BCUT2D eigenvalue weighted by atomic mass is 35.5. The summed E-state index contributed by atoms with van der Waals surface area (Å²) in [6.07, 6.45) is 0. The molecular formula is C12H13ClN2O. The van der Waals surface area contributed by atoms with E-state index in [1.54, 1.807) is 0 Å². The number of fused-ring (bicyclic) bond motifs is 1. The van der Waals surface area contributed by atoms with Gasteiger partial charge in [-0.25, -0.2) is 0 Å². The third-order valence-electron chi connectivity index (χ3n) is 2.60. The van der Waals surface area contributed by atoms with Crippen molar-refractivity contribution in [2.45, 2.75) is 6.92 Å². The molecule has 1 aromatic heterocycles. The monoisotopic (exact) mass is 236 g/mol. The largest absolute Gasteiger partial charge is 0.352 e. The SMILES string of the molecule is CCNC(=O)c1c(Cl)n(C)c2ccccc12. The van der Waals surface area contributed by atoms with E-state index in [9.17, 15) is 4.79 Å². The first-order chi connectivity index (χ1) is 7.66. The summed E-state index contributed by atoms with van der Waals surface area (Å²) in [6.45, 7) is 2.48. The van der Waals surface area contributed by atoms with E-state index in [1.165, 1.54) is 0 Å². The topological polar surface area (TPSA) is 34.0 Å². The Balaban J connectivity index is 2.68. The van der Waals surface area contributed by atoms with E-state index >= 15 is 0 Å². The fourth-order valence-electron chi connectivity index (χ4n) is 1.83. The fraction of sp³-hybridized carbons (Fsp3) is 0.250. The zero-order valence-electron chi connectivity index (χ0n) is 9.25. The third kappa shape index (κ3) is 1.57. The van der Waals surface area contributed by atoms with E-state index in [0.717, 1.165) is 10.9 Å². The molecule has 0 bridgehead atoms. The van der Waals surface area contributed by atoms with Gasteiger partial charge in [0, 0.05) is 24.5 Å². The minimum atomic E-state index is -0.121. The minimum Gasteiger partial charge on any atom is -0.352 e. The fourth-order valence-corrected chi connectivity index (χ4v) is 2.11. The Morgan fingerprint density at radius 3 is 2.81 bits per heavy atom. The molecular weight excluding hydrogens is 224 g/mol. The van der Waals surface area contributed by atoms with Crippen molar-refractivity contribution in [2.75, 3.05) is 6.54 Å². The van der Waals surface area contributed by atoms with Gasteiger partial charge in [-0.05, 0) is 13.0 Å². The molecule has 1 aromatic carbocycles. The van der Waals surface area contributed by atoms with Crippen molar-refractivity contribution >= 4 is 28.4 Å². The predicted molar refractivity (Wildman–Crippen MR) is 65.9 cm³/mol. The molecule has 1 heterocycles. The van der Waals surface area contributed by atoms with Gasteiger partial charge in [0.2, 0.25) is 0 Å². The molecule has 0 aliphatic rings. The van der Waals surface area contributed by atoms with E-state index in [0.29, 0.717) is 17.3 Å². The normalized spacial score (nSPS) is 10.7. The highest BCUT2D eigenvalue weighted by Crippen LogP contribution is 2.28. The molecule has 0 saturated heterocycles. The lowest BCUT2D eigenvalue weighted by atomic mass is 10.1. The number of hydrogen-bond donors (Lipinski definition) is 1. The van der Waals surface area contributed by atoms with Crippen LogP contribution < -0.4 is 5.32 Å². The summed E-state index contributed by atoms with van der Waals surface area (Å²) in [5, 5.41) is 4.14. The summed E-state index contributed by atoms with van der Waals surface area (Å²) in [7, 11) is 1.85. The van der Waals surface area contributed by atoms with Crippen LogP contribution in [0.3, 0.4) is 0 Å². The molecule has 1 amide bonds. The lowest BCUT2D eigenvalue weighted by Gasteiger charge is -2.01. The average Bonchev–Trinajstić information content (AvgIpc) is 2.53. The molecule has 0 atom stereocenters. The lowest BCUT2D eigenvalue weighted by Crippen LogP contribution is -2.22. The second-order valence-electron chi connectivity index (χ2n) is 3.60. The van der Waals surface area contributed by atoms with Crippen LogP contribution in [0.4, 0.5) is 0 Å². The number of nitrogens with zero attached hydrogens (tertiary/aromatic N) is 1. The molecule has 0 aliphatic heterocycles. The van der Waals surface area contributed by atoms with Crippen LogP contribution in [-0.4, -0.2) is 17.0 Å². The van der Waals surface area contributed by atoms with Gasteiger partial charge in [-0.15, -0.1) is 0 Å². The summed E-state index contributed by atoms with van der Waals surface area (Å²) < 4.78 is 1.82. The number of carbonyl (C=O) groups excluding carboxylic acids is 1. The summed E-state index contributed by atoms with van der Waals surface area (Å²) in [5.41, 5.74) is 1.52. The molecule has 3 nitrogen and oxygen atoms in total. The Labute approximate surface area is 99.0 Å². The number of hydrogen-bond acceptors (Lipinski definition) is 1. The van der Waals surface area contributed by atoms with E-state index in [1.807, 2.05) is 42.8 Å². The van der Waals surface area contributed by atoms with Crippen LogP contribution in [0.15, 0.2) is 24.3 Å². The van der Waals surface area contributed by atoms with Crippen molar-refractivity contribution in [1.29, 1.82) is 0 Å². The molecule has 84 valence electrons. The quantitative estimate of drug-likeness (QED) is 0.855. The molecule has 4 heteroatoms. The highest BCUT2D eigenvalue weighted by molar-refractivity contribution is 6.35. The number of aromatic nitrogens is 1. The van der Waals surface area contributed by atoms with Crippen molar-refractivity contribution in [3.05, 3.63) is 35.0 Å². The number of halogens is 1. The Morgan fingerprint density at radius 2 is 2.12 bits per heavy atom. The Morgan fingerprint density at radius 1 is 1.44 bits per heavy atom. The maximum Gasteiger partial charge on any atom is 0.255 e.